The van der Waals surface area contributed by atoms with Gasteiger partial charge >= 0.3 is 5.97 Å². The van der Waals surface area contributed by atoms with Crippen molar-refractivity contribution < 1.29 is 23.8 Å². The Bertz CT molecular complexity index is 1390. The molecule has 4 aromatic rings. The Morgan fingerprint density at radius 3 is 2.72 bits per heavy atom. The zero-order chi connectivity index (χ0) is 25.7. The van der Waals surface area contributed by atoms with Gasteiger partial charge in [-0.2, -0.15) is 0 Å². The minimum atomic E-state index is -0.921. The number of nitrogens with one attached hydrogen (secondary N) is 1. The first-order valence-electron chi connectivity index (χ1n) is 11.7. The molecule has 2 heterocycles. The molecule has 0 aliphatic heterocycles. The minimum Gasteiger partial charge on any atom is -0.490 e. The van der Waals surface area contributed by atoms with Crippen molar-refractivity contribution in [2.45, 2.75) is 33.6 Å². The van der Waals surface area contributed by atoms with Gasteiger partial charge in [0.15, 0.2) is 11.5 Å². The highest BCUT2D eigenvalue weighted by Gasteiger charge is 2.13. The quantitative estimate of drug-likeness (QED) is 0.255. The number of carbonyl (C=O) groups is 1. The van der Waals surface area contributed by atoms with Crippen LogP contribution in [0, 0.1) is 19.7 Å². The molecule has 0 unspecified atom stereocenters. The summed E-state index contributed by atoms with van der Waals surface area (Å²) in [6.45, 7) is 7.02. The Kier molecular flexibility index (Phi) is 8.00. The van der Waals surface area contributed by atoms with Crippen molar-refractivity contribution in [2.24, 2.45) is 0 Å². The fraction of sp³-hybridized carbons (Fsp3) is 0.296. The lowest BCUT2D eigenvalue weighted by Crippen LogP contribution is -2.07. The fourth-order valence-electron chi connectivity index (χ4n) is 4.04. The third kappa shape index (κ3) is 5.91. The predicted octanol–water partition coefficient (Wildman–Crippen LogP) is 6.02. The lowest BCUT2D eigenvalue weighted by atomic mass is 10.1. The number of hydrogen-bond acceptors (Lipinski definition) is 7. The van der Waals surface area contributed by atoms with Crippen molar-refractivity contribution in [1.82, 2.24) is 9.97 Å². The number of carboxylic acid groups (broad SMARTS) is 1. The molecule has 0 spiro atoms. The number of thiophene rings is 1. The molecular weight excluding hydrogens is 481 g/mol. The van der Waals surface area contributed by atoms with Gasteiger partial charge < -0.3 is 19.9 Å². The number of rotatable bonds is 11. The van der Waals surface area contributed by atoms with E-state index in [0.29, 0.717) is 36.2 Å². The number of ether oxygens (including phenoxy) is 2. The van der Waals surface area contributed by atoms with Gasteiger partial charge in [0, 0.05) is 27.8 Å². The van der Waals surface area contributed by atoms with Crippen molar-refractivity contribution in [1.29, 1.82) is 0 Å². The lowest BCUT2D eigenvalue weighted by molar-refractivity contribution is -0.137. The normalized spacial score (nSPS) is 11.0. The summed E-state index contributed by atoms with van der Waals surface area (Å²) in [5.41, 5.74) is 3.64. The maximum absolute atomic E-state index is 14.0. The molecule has 2 aromatic heterocycles. The lowest BCUT2D eigenvalue weighted by Gasteiger charge is -2.13. The summed E-state index contributed by atoms with van der Waals surface area (Å²) < 4.78 is 26.4. The molecule has 4 rings (SSSR count). The van der Waals surface area contributed by atoms with E-state index in [1.807, 2.05) is 32.0 Å². The van der Waals surface area contributed by atoms with Crippen LogP contribution in [0.2, 0.25) is 0 Å². The maximum Gasteiger partial charge on any atom is 0.306 e. The van der Waals surface area contributed by atoms with E-state index in [9.17, 15) is 9.18 Å². The van der Waals surface area contributed by atoms with Crippen molar-refractivity contribution in [3.8, 4) is 22.8 Å². The van der Waals surface area contributed by atoms with Crippen LogP contribution < -0.4 is 14.8 Å². The van der Waals surface area contributed by atoms with Crippen LogP contribution in [0.5, 0.6) is 11.5 Å². The zero-order valence-electron chi connectivity index (χ0n) is 20.4. The van der Waals surface area contributed by atoms with Gasteiger partial charge in [-0.25, -0.2) is 14.4 Å². The first kappa shape index (κ1) is 25.4. The number of aliphatic carboxylic acids is 1. The Balaban J connectivity index is 1.47. The van der Waals surface area contributed by atoms with E-state index in [2.05, 4.69) is 22.2 Å². The average molecular weight is 510 g/mol. The smallest absolute Gasteiger partial charge is 0.306 e. The molecule has 0 bridgehead atoms. The second-order valence-corrected chi connectivity index (χ2v) is 9.51. The van der Waals surface area contributed by atoms with Crippen LogP contribution in [-0.2, 0) is 11.2 Å². The molecule has 188 valence electrons. The number of aromatic nitrogens is 2. The molecule has 0 saturated carbocycles. The Morgan fingerprint density at radius 1 is 1.11 bits per heavy atom. The van der Waals surface area contributed by atoms with E-state index in [4.69, 9.17) is 14.6 Å². The molecular formula is C27H28FN3O4S. The van der Waals surface area contributed by atoms with Crippen molar-refractivity contribution >= 4 is 33.2 Å². The molecule has 7 nitrogen and oxygen atoms in total. The topological polar surface area (TPSA) is 93.6 Å². The monoisotopic (exact) mass is 509 g/mol. The number of anilines is 1. The molecule has 2 N–H and O–H groups in total. The number of nitrogens with zero attached hydrogens (tertiary/aromatic N) is 2. The van der Waals surface area contributed by atoms with Crippen LogP contribution in [0.15, 0.2) is 42.7 Å². The van der Waals surface area contributed by atoms with E-state index in [-0.39, 0.29) is 18.8 Å². The van der Waals surface area contributed by atoms with Gasteiger partial charge in [0.25, 0.3) is 0 Å². The van der Waals surface area contributed by atoms with Crippen LogP contribution in [-0.4, -0.2) is 40.8 Å². The molecule has 9 heteroatoms. The highest BCUT2D eigenvalue weighted by atomic mass is 32.1. The molecule has 2 aromatic carbocycles. The van der Waals surface area contributed by atoms with Crippen LogP contribution in [0.4, 0.5) is 10.2 Å². The van der Waals surface area contributed by atoms with Gasteiger partial charge in [-0.1, -0.05) is 0 Å². The van der Waals surface area contributed by atoms with Gasteiger partial charge in [-0.15, -0.1) is 11.3 Å². The number of halogens is 1. The van der Waals surface area contributed by atoms with E-state index in [1.54, 1.807) is 29.5 Å². The predicted molar refractivity (Wildman–Crippen MR) is 140 cm³/mol. The van der Waals surface area contributed by atoms with Crippen LogP contribution in [0.1, 0.15) is 29.3 Å². The van der Waals surface area contributed by atoms with Crippen LogP contribution in [0.3, 0.4) is 0 Å². The summed E-state index contributed by atoms with van der Waals surface area (Å²) in [7, 11) is 0. The summed E-state index contributed by atoms with van der Waals surface area (Å²) in [4.78, 5) is 20.7. The first-order chi connectivity index (χ1) is 17.4. The standard InChI is InChI=1S/C27H28FN3O4S/c1-4-34-24-12-18(5-6-23(24)35-10-8-26(32)33)22-14-25(31-15-30-22)29-9-7-20-17(3)36-27-16(2)11-19(28)13-21(20)27/h5-6,11-15H,4,7-10H2,1-3H3,(H,32,33)(H,29,30,31). The Morgan fingerprint density at radius 2 is 1.94 bits per heavy atom. The summed E-state index contributed by atoms with van der Waals surface area (Å²) in [6.07, 6.45) is 2.15. The Labute approximate surface area is 212 Å². The fourth-order valence-corrected chi connectivity index (χ4v) is 5.19. The first-order valence-corrected chi connectivity index (χ1v) is 12.5. The molecule has 0 amide bonds. The maximum atomic E-state index is 14.0. The van der Waals surface area contributed by atoms with Gasteiger partial charge in [0.05, 0.1) is 25.3 Å². The van der Waals surface area contributed by atoms with Crippen LogP contribution in [0.25, 0.3) is 21.3 Å². The minimum absolute atomic E-state index is 0.0570. The number of benzene rings is 2. The third-order valence-corrected chi connectivity index (χ3v) is 7.00. The van der Waals surface area contributed by atoms with Gasteiger partial charge in [-0.05, 0) is 74.0 Å². The molecule has 36 heavy (non-hydrogen) atoms. The van der Waals surface area contributed by atoms with E-state index < -0.39 is 5.97 Å². The van der Waals surface area contributed by atoms with E-state index in [0.717, 1.165) is 33.2 Å². The van der Waals surface area contributed by atoms with Crippen molar-refractivity contribution in [3.63, 3.8) is 0 Å². The second-order valence-electron chi connectivity index (χ2n) is 8.29. The second kappa shape index (κ2) is 11.3. The zero-order valence-corrected chi connectivity index (χ0v) is 21.2. The third-order valence-electron chi connectivity index (χ3n) is 5.71. The number of carboxylic acids is 1. The summed E-state index contributed by atoms with van der Waals surface area (Å²) in [5.74, 6) is 0.557. The van der Waals surface area contributed by atoms with E-state index >= 15 is 0 Å². The molecule has 0 radical (unpaired) electrons. The summed E-state index contributed by atoms with van der Waals surface area (Å²) in [5, 5.41) is 13.2. The van der Waals surface area contributed by atoms with Gasteiger partial charge in [-0.3, -0.25) is 4.79 Å². The largest absolute Gasteiger partial charge is 0.490 e. The Hall–Kier alpha value is -3.72. The number of hydrogen-bond donors (Lipinski definition) is 2. The average Bonchev–Trinajstić information content (AvgIpc) is 3.15. The van der Waals surface area contributed by atoms with Crippen LogP contribution >= 0.6 is 11.3 Å². The van der Waals surface area contributed by atoms with Gasteiger partial charge in [0.2, 0.25) is 0 Å². The summed E-state index contributed by atoms with van der Waals surface area (Å²) >= 11 is 1.70. The molecule has 0 atom stereocenters. The highest BCUT2D eigenvalue weighted by Crippen LogP contribution is 2.35. The van der Waals surface area contributed by atoms with Crippen molar-refractivity contribution in [3.05, 3.63) is 64.5 Å². The molecule has 0 saturated heterocycles. The molecule has 0 aliphatic rings. The summed E-state index contributed by atoms with van der Waals surface area (Å²) in [6, 6.07) is 10.5. The van der Waals surface area contributed by atoms with Crippen molar-refractivity contribution in [2.75, 3.05) is 25.1 Å². The SMILES string of the molecule is CCOc1cc(-c2cc(NCCc3c(C)sc4c(C)cc(F)cc34)ncn2)ccc1OCCC(=O)O. The van der Waals surface area contributed by atoms with Gasteiger partial charge in [0.1, 0.15) is 18.0 Å². The molecule has 0 aliphatic carbocycles. The molecule has 0 fully saturated rings. The van der Waals surface area contributed by atoms with E-state index in [1.165, 1.54) is 11.2 Å². The highest BCUT2D eigenvalue weighted by molar-refractivity contribution is 7.19. The number of aryl methyl sites for hydroxylation is 2. The number of fused-ring (bicyclic) bond motifs is 1.